The van der Waals surface area contributed by atoms with Crippen LogP contribution in [0.15, 0.2) is 65.5 Å². The van der Waals surface area contributed by atoms with Gasteiger partial charge in [0.2, 0.25) is 5.95 Å². The standard InChI is InChI=1S/C22H17BrF3N7O/c1-32(21-28-7-2-8-29-21)33(12-15-5-4-14(11-30-15)22(24,25)26)20(34)13-3-6-18-16(9-13)17(23)10-19(27)31-18/h2-11H,12H2,1H3,(H2,27,31). The molecule has 0 bridgehead atoms. The number of aromatic nitrogens is 4. The number of hydrogen-bond donors (Lipinski definition) is 1. The Morgan fingerprint density at radius 2 is 1.82 bits per heavy atom. The maximum Gasteiger partial charge on any atom is 0.417 e. The van der Waals surface area contributed by atoms with Gasteiger partial charge in [0.25, 0.3) is 5.91 Å². The van der Waals surface area contributed by atoms with Crippen molar-refractivity contribution in [3.05, 3.63) is 82.3 Å². The number of nitrogens with two attached hydrogens (primary N) is 1. The highest BCUT2D eigenvalue weighted by Crippen LogP contribution is 2.29. The minimum absolute atomic E-state index is 0.120. The Balaban J connectivity index is 1.71. The summed E-state index contributed by atoms with van der Waals surface area (Å²) in [7, 11) is 1.58. The number of carbonyl (C=O) groups is 1. The summed E-state index contributed by atoms with van der Waals surface area (Å²) in [5.74, 6) is 0.107. The molecule has 0 saturated heterocycles. The minimum Gasteiger partial charge on any atom is -0.384 e. The first-order chi connectivity index (χ1) is 16.1. The summed E-state index contributed by atoms with van der Waals surface area (Å²) in [5, 5.41) is 3.39. The third-order valence-electron chi connectivity index (χ3n) is 4.93. The first-order valence-electron chi connectivity index (χ1n) is 9.84. The number of rotatable bonds is 5. The van der Waals surface area contributed by atoms with Gasteiger partial charge in [0.1, 0.15) is 5.82 Å². The van der Waals surface area contributed by atoms with Gasteiger partial charge in [-0.25, -0.2) is 20.0 Å². The van der Waals surface area contributed by atoms with Gasteiger partial charge in [-0.05, 0) is 58.4 Å². The molecule has 34 heavy (non-hydrogen) atoms. The van der Waals surface area contributed by atoms with Crippen LogP contribution in [0, 0.1) is 0 Å². The summed E-state index contributed by atoms with van der Waals surface area (Å²) < 4.78 is 39.4. The summed E-state index contributed by atoms with van der Waals surface area (Å²) in [5.41, 5.74) is 6.07. The number of halogens is 4. The van der Waals surface area contributed by atoms with E-state index in [1.165, 1.54) is 28.5 Å². The van der Waals surface area contributed by atoms with Gasteiger partial charge in [0.05, 0.1) is 23.3 Å². The van der Waals surface area contributed by atoms with Crippen molar-refractivity contribution in [3.8, 4) is 0 Å². The number of nitrogen functional groups attached to an aromatic ring is 1. The van der Waals surface area contributed by atoms with Crippen LogP contribution in [-0.2, 0) is 12.7 Å². The van der Waals surface area contributed by atoms with Crippen molar-refractivity contribution >= 4 is 44.5 Å². The topological polar surface area (TPSA) is 101 Å². The predicted molar refractivity (Wildman–Crippen MR) is 123 cm³/mol. The molecular formula is C22H17BrF3N7O. The highest BCUT2D eigenvalue weighted by Gasteiger charge is 2.31. The van der Waals surface area contributed by atoms with Gasteiger partial charge in [-0.3, -0.25) is 14.8 Å². The second-order valence-electron chi connectivity index (χ2n) is 7.23. The smallest absolute Gasteiger partial charge is 0.384 e. The van der Waals surface area contributed by atoms with Crippen molar-refractivity contribution < 1.29 is 18.0 Å². The largest absolute Gasteiger partial charge is 0.417 e. The Morgan fingerprint density at radius 3 is 2.47 bits per heavy atom. The molecule has 0 spiro atoms. The fourth-order valence-electron chi connectivity index (χ4n) is 3.21. The molecule has 1 amide bonds. The Kier molecular flexibility index (Phi) is 6.33. The van der Waals surface area contributed by atoms with Gasteiger partial charge >= 0.3 is 6.18 Å². The van der Waals surface area contributed by atoms with Gasteiger partial charge in [0.15, 0.2) is 0 Å². The molecule has 3 aromatic heterocycles. The molecule has 174 valence electrons. The monoisotopic (exact) mass is 531 g/mol. The number of hydrazine groups is 1. The third kappa shape index (κ3) is 4.91. The summed E-state index contributed by atoms with van der Waals surface area (Å²) in [6.45, 7) is -0.120. The first-order valence-corrected chi connectivity index (χ1v) is 10.6. The number of alkyl halides is 3. The van der Waals surface area contributed by atoms with E-state index in [9.17, 15) is 18.0 Å². The minimum atomic E-state index is -4.51. The second-order valence-corrected chi connectivity index (χ2v) is 8.09. The lowest BCUT2D eigenvalue weighted by molar-refractivity contribution is -0.137. The van der Waals surface area contributed by atoms with Crippen molar-refractivity contribution in [2.75, 3.05) is 17.8 Å². The van der Waals surface area contributed by atoms with E-state index < -0.39 is 17.6 Å². The number of benzene rings is 1. The summed E-state index contributed by atoms with van der Waals surface area (Å²) in [6.07, 6.45) is -0.742. The quantitative estimate of drug-likeness (QED) is 0.379. The predicted octanol–water partition coefficient (Wildman–Crippen LogP) is 4.48. The van der Waals surface area contributed by atoms with Crippen LogP contribution >= 0.6 is 15.9 Å². The molecular weight excluding hydrogens is 515 g/mol. The van der Waals surface area contributed by atoms with Gasteiger partial charge < -0.3 is 5.73 Å². The molecule has 0 aliphatic carbocycles. The lowest BCUT2D eigenvalue weighted by Gasteiger charge is -2.31. The van der Waals surface area contributed by atoms with Crippen LogP contribution < -0.4 is 10.7 Å². The van der Waals surface area contributed by atoms with Crippen LogP contribution in [0.2, 0.25) is 0 Å². The van der Waals surface area contributed by atoms with Crippen molar-refractivity contribution in [1.29, 1.82) is 0 Å². The number of fused-ring (bicyclic) bond motifs is 1. The van der Waals surface area contributed by atoms with Crippen LogP contribution in [-0.4, -0.2) is 37.9 Å². The Bertz CT molecular complexity index is 1330. The Labute approximate surface area is 200 Å². The van der Waals surface area contributed by atoms with Crippen molar-refractivity contribution in [3.63, 3.8) is 0 Å². The lowest BCUT2D eigenvalue weighted by atomic mass is 10.1. The Hall–Kier alpha value is -3.80. The normalized spacial score (nSPS) is 11.4. The zero-order chi connectivity index (χ0) is 24.5. The van der Waals surface area contributed by atoms with Crippen LogP contribution in [0.5, 0.6) is 0 Å². The van der Waals surface area contributed by atoms with Crippen LogP contribution in [0.25, 0.3) is 10.9 Å². The van der Waals surface area contributed by atoms with E-state index in [4.69, 9.17) is 5.73 Å². The highest BCUT2D eigenvalue weighted by atomic mass is 79.9. The molecule has 4 rings (SSSR count). The first kappa shape index (κ1) is 23.4. The molecule has 0 radical (unpaired) electrons. The van der Waals surface area contributed by atoms with E-state index in [0.717, 1.165) is 12.3 Å². The zero-order valence-electron chi connectivity index (χ0n) is 17.7. The van der Waals surface area contributed by atoms with Gasteiger partial charge in [-0.15, -0.1) is 0 Å². The van der Waals surface area contributed by atoms with E-state index >= 15 is 0 Å². The fraction of sp³-hybridized carbons (Fsp3) is 0.136. The average molecular weight is 532 g/mol. The highest BCUT2D eigenvalue weighted by molar-refractivity contribution is 9.10. The summed E-state index contributed by atoms with van der Waals surface area (Å²) >= 11 is 3.43. The fourth-order valence-corrected chi connectivity index (χ4v) is 3.76. The summed E-state index contributed by atoms with van der Waals surface area (Å²) in [4.78, 5) is 30.0. The van der Waals surface area contributed by atoms with E-state index in [2.05, 4.69) is 35.9 Å². The molecule has 12 heteroatoms. The molecule has 0 aliphatic rings. The maximum atomic E-state index is 13.6. The van der Waals surface area contributed by atoms with Gasteiger partial charge in [0, 0.05) is 41.1 Å². The number of pyridine rings is 2. The molecule has 0 unspecified atom stereocenters. The number of anilines is 2. The molecule has 0 saturated carbocycles. The SMILES string of the molecule is CN(c1ncccn1)N(Cc1ccc(C(F)(F)F)cn1)C(=O)c1ccc2nc(N)cc(Br)c2c1. The Morgan fingerprint density at radius 1 is 1.09 bits per heavy atom. The molecule has 0 aliphatic heterocycles. The lowest BCUT2D eigenvalue weighted by Crippen LogP contribution is -2.45. The van der Waals surface area contributed by atoms with Gasteiger partial charge in [-0.2, -0.15) is 13.2 Å². The van der Waals surface area contributed by atoms with Crippen LogP contribution in [0.3, 0.4) is 0 Å². The number of nitrogens with zero attached hydrogens (tertiary/aromatic N) is 6. The number of amides is 1. The van der Waals surface area contributed by atoms with E-state index in [-0.39, 0.29) is 18.2 Å². The molecule has 1 aromatic carbocycles. The van der Waals surface area contributed by atoms with Crippen LogP contribution in [0.1, 0.15) is 21.6 Å². The molecule has 3 heterocycles. The van der Waals surface area contributed by atoms with E-state index in [1.807, 2.05) is 0 Å². The molecule has 0 fully saturated rings. The average Bonchev–Trinajstić information content (AvgIpc) is 2.82. The van der Waals surface area contributed by atoms with Crippen molar-refractivity contribution in [1.82, 2.24) is 24.9 Å². The third-order valence-corrected chi connectivity index (χ3v) is 5.58. The van der Waals surface area contributed by atoms with Crippen LogP contribution in [0.4, 0.5) is 24.9 Å². The molecule has 8 nitrogen and oxygen atoms in total. The van der Waals surface area contributed by atoms with Crippen molar-refractivity contribution in [2.45, 2.75) is 12.7 Å². The molecule has 0 atom stereocenters. The summed E-state index contributed by atoms with van der Waals surface area (Å²) in [6, 6.07) is 10.3. The molecule has 4 aromatic rings. The zero-order valence-corrected chi connectivity index (χ0v) is 19.2. The maximum absolute atomic E-state index is 13.6. The number of carbonyl (C=O) groups excluding carboxylic acids is 1. The van der Waals surface area contributed by atoms with Crippen molar-refractivity contribution in [2.24, 2.45) is 0 Å². The number of hydrogen-bond acceptors (Lipinski definition) is 7. The van der Waals surface area contributed by atoms with E-state index in [0.29, 0.717) is 26.8 Å². The van der Waals surface area contributed by atoms with E-state index in [1.54, 1.807) is 37.4 Å². The molecule has 2 N–H and O–H groups in total. The van der Waals surface area contributed by atoms with Gasteiger partial charge in [-0.1, -0.05) is 0 Å². The second kappa shape index (κ2) is 9.21.